The molecule has 0 atom stereocenters. The highest BCUT2D eigenvalue weighted by molar-refractivity contribution is 7.18. The number of hydrogen-bond acceptors (Lipinski definition) is 6. The predicted octanol–water partition coefficient (Wildman–Crippen LogP) is 4.48. The van der Waals surface area contributed by atoms with Gasteiger partial charge >= 0.3 is 0 Å². The molecule has 0 spiro atoms. The van der Waals surface area contributed by atoms with Crippen molar-refractivity contribution in [3.05, 3.63) is 36.4 Å². The number of halogens is 1. The van der Waals surface area contributed by atoms with E-state index in [1.165, 1.54) is 17.4 Å². The molecule has 0 radical (unpaired) electrons. The fourth-order valence-electron chi connectivity index (χ4n) is 4.44. The number of aromatic nitrogens is 4. The van der Waals surface area contributed by atoms with Crippen LogP contribution in [0.15, 0.2) is 30.6 Å². The third kappa shape index (κ3) is 4.18. The van der Waals surface area contributed by atoms with Gasteiger partial charge in [-0.2, -0.15) is 5.10 Å². The smallest absolute Gasteiger partial charge is 0.208 e. The first-order chi connectivity index (χ1) is 13.6. The van der Waals surface area contributed by atoms with Crippen LogP contribution in [0.4, 0.5) is 9.52 Å². The second kappa shape index (κ2) is 7.18. The highest BCUT2D eigenvalue weighted by Gasteiger charge is 2.39. The van der Waals surface area contributed by atoms with Gasteiger partial charge in [-0.05, 0) is 58.2 Å². The molecule has 29 heavy (non-hydrogen) atoms. The highest BCUT2D eigenvalue weighted by atomic mass is 32.1. The summed E-state index contributed by atoms with van der Waals surface area (Å²) in [5, 5.41) is 20.4. The Morgan fingerprint density at radius 1 is 1.10 bits per heavy atom. The number of rotatable bonds is 4. The van der Waals surface area contributed by atoms with Crippen molar-refractivity contribution in [3.63, 3.8) is 0 Å². The SMILES string of the molecule is CN(c1nnc(-c2ccc(-c3cn[nH]c3)cc2F)s1)C1CC(C)(C)NC(C)(C)C1. The van der Waals surface area contributed by atoms with E-state index in [9.17, 15) is 4.39 Å². The summed E-state index contributed by atoms with van der Waals surface area (Å²) in [6, 6.07) is 5.50. The van der Waals surface area contributed by atoms with Crippen LogP contribution in [0.25, 0.3) is 21.7 Å². The zero-order chi connectivity index (χ0) is 20.8. The minimum atomic E-state index is -0.307. The molecule has 0 aliphatic carbocycles. The van der Waals surface area contributed by atoms with Crippen LogP contribution in [0.1, 0.15) is 40.5 Å². The lowest BCUT2D eigenvalue weighted by molar-refractivity contribution is 0.161. The van der Waals surface area contributed by atoms with Gasteiger partial charge in [0.1, 0.15) is 5.82 Å². The summed E-state index contributed by atoms with van der Waals surface area (Å²) in [6.07, 6.45) is 5.44. The van der Waals surface area contributed by atoms with E-state index in [1.54, 1.807) is 18.5 Å². The standard InChI is InChI=1S/C21H27FN6S/c1-20(2)9-15(10-21(3,4)27-20)28(5)19-26-25-18(29-19)16-7-6-13(8-17(16)22)14-11-23-24-12-14/h6-8,11-12,15,27H,9-10H2,1-5H3,(H,23,24). The lowest BCUT2D eigenvalue weighted by Gasteiger charge is -2.48. The fraction of sp³-hybridized carbons (Fsp3) is 0.476. The third-order valence-electron chi connectivity index (χ3n) is 5.46. The number of nitrogens with one attached hydrogen (secondary N) is 2. The minimum absolute atomic E-state index is 0.0449. The van der Waals surface area contributed by atoms with Gasteiger partial charge in [-0.25, -0.2) is 4.39 Å². The van der Waals surface area contributed by atoms with Crippen LogP contribution in [-0.2, 0) is 0 Å². The van der Waals surface area contributed by atoms with Crippen molar-refractivity contribution in [3.8, 4) is 21.7 Å². The van der Waals surface area contributed by atoms with Crippen LogP contribution in [0.2, 0.25) is 0 Å². The Balaban J connectivity index is 1.57. The van der Waals surface area contributed by atoms with E-state index in [0.29, 0.717) is 16.6 Å². The summed E-state index contributed by atoms with van der Waals surface area (Å²) in [6.45, 7) is 8.93. The summed E-state index contributed by atoms with van der Waals surface area (Å²) in [4.78, 5) is 2.20. The number of nitrogens with zero attached hydrogens (tertiary/aromatic N) is 4. The summed E-state index contributed by atoms with van der Waals surface area (Å²) in [5.74, 6) is -0.307. The molecule has 0 saturated carbocycles. The molecular weight excluding hydrogens is 387 g/mol. The van der Waals surface area contributed by atoms with Crippen molar-refractivity contribution in [2.75, 3.05) is 11.9 Å². The molecule has 8 heteroatoms. The first-order valence-electron chi connectivity index (χ1n) is 9.78. The second-order valence-electron chi connectivity index (χ2n) is 9.14. The van der Waals surface area contributed by atoms with Gasteiger partial charge in [-0.15, -0.1) is 10.2 Å². The zero-order valence-electron chi connectivity index (χ0n) is 17.5. The minimum Gasteiger partial charge on any atom is -0.347 e. The molecule has 1 saturated heterocycles. The van der Waals surface area contributed by atoms with Crippen LogP contribution < -0.4 is 10.2 Å². The van der Waals surface area contributed by atoms with Gasteiger partial charge in [0, 0.05) is 41.5 Å². The van der Waals surface area contributed by atoms with Crippen LogP contribution in [0.5, 0.6) is 0 Å². The Labute approximate surface area is 174 Å². The average molecular weight is 415 g/mol. The van der Waals surface area contributed by atoms with Crippen LogP contribution in [0, 0.1) is 5.82 Å². The van der Waals surface area contributed by atoms with E-state index in [0.717, 1.165) is 29.1 Å². The van der Waals surface area contributed by atoms with Gasteiger partial charge in [-0.1, -0.05) is 17.4 Å². The number of anilines is 1. The molecule has 6 nitrogen and oxygen atoms in total. The Bertz CT molecular complexity index is 979. The summed E-state index contributed by atoms with van der Waals surface area (Å²) < 4.78 is 14.8. The molecule has 4 rings (SSSR count). The molecule has 3 heterocycles. The Morgan fingerprint density at radius 3 is 2.45 bits per heavy atom. The van der Waals surface area contributed by atoms with Gasteiger partial charge in [-0.3, -0.25) is 5.10 Å². The molecule has 0 bridgehead atoms. The number of hydrogen-bond donors (Lipinski definition) is 2. The van der Waals surface area contributed by atoms with Crippen molar-refractivity contribution in [1.82, 2.24) is 25.7 Å². The maximum Gasteiger partial charge on any atom is 0.208 e. The number of aromatic amines is 1. The Kier molecular flexibility index (Phi) is 4.94. The van der Waals surface area contributed by atoms with Crippen LogP contribution in [0.3, 0.4) is 0 Å². The van der Waals surface area contributed by atoms with Crippen LogP contribution in [-0.4, -0.2) is 44.6 Å². The fourth-order valence-corrected chi connectivity index (χ4v) is 5.35. The molecule has 1 aliphatic rings. The van der Waals surface area contributed by atoms with E-state index in [2.05, 4.69) is 65.4 Å². The molecule has 2 aromatic heterocycles. The number of piperidine rings is 1. The summed E-state index contributed by atoms with van der Waals surface area (Å²) in [5.41, 5.74) is 2.19. The highest BCUT2D eigenvalue weighted by Crippen LogP contribution is 2.36. The van der Waals surface area contributed by atoms with E-state index >= 15 is 0 Å². The maximum atomic E-state index is 14.8. The summed E-state index contributed by atoms with van der Waals surface area (Å²) >= 11 is 1.43. The number of benzene rings is 1. The monoisotopic (exact) mass is 414 g/mol. The van der Waals surface area contributed by atoms with Crippen molar-refractivity contribution in [2.45, 2.75) is 57.7 Å². The maximum absolute atomic E-state index is 14.8. The van der Waals surface area contributed by atoms with Gasteiger partial charge in [0.25, 0.3) is 0 Å². The van der Waals surface area contributed by atoms with Crippen molar-refractivity contribution in [2.24, 2.45) is 0 Å². The number of H-pyrrole nitrogens is 1. The third-order valence-corrected chi connectivity index (χ3v) is 6.51. The lowest BCUT2D eigenvalue weighted by atomic mass is 9.79. The van der Waals surface area contributed by atoms with E-state index in [1.807, 2.05) is 6.07 Å². The zero-order valence-corrected chi connectivity index (χ0v) is 18.3. The van der Waals surface area contributed by atoms with Gasteiger partial charge in [0.2, 0.25) is 5.13 Å². The van der Waals surface area contributed by atoms with Gasteiger partial charge in [0.15, 0.2) is 5.01 Å². The average Bonchev–Trinajstić information content (AvgIpc) is 3.30. The Hall–Kier alpha value is -2.32. The summed E-state index contributed by atoms with van der Waals surface area (Å²) in [7, 11) is 2.06. The first kappa shape index (κ1) is 20.0. The second-order valence-corrected chi connectivity index (χ2v) is 10.1. The van der Waals surface area contributed by atoms with Crippen molar-refractivity contribution < 1.29 is 4.39 Å². The van der Waals surface area contributed by atoms with Gasteiger partial charge < -0.3 is 10.2 Å². The van der Waals surface area contributed by atoms with Crippen molar-refractivity contribution in [1.29, 1.82) is 0 Å². The molecular formula is C21H27FN6S. The quantitative estimate of drug-likeness (QED) is 0.659. The lowest BCUT2D eigenvalue weighted by Crippen LogP contribution is -2.61. The Morgan fingerprint density at radius 2 is 1.83 bits per heavy atom. The van der Waals surface area contributed by atoms with Crippen molar-refractivity contribution >= 4 is 16.5 Å². The molecule has 154 valence electrons. The largest absolute Gasteiger partial charge is 0.347 e. The van der Waals surface area contributed by atoms with Gasteiger partial charge in [0.05, 0.1) is 6.20 Å². The molecule has 1 aliphatic heterocycles. The predicted molar refractivity (Wildman–Crippen MR) is 116 cm³/mol. The molecule has 0 unspecified atom stereocenters. The molecule has 3 aromatic rings. The van der Waals surface area contributed by atoms with E-state index < -0.39 is 0 Å². The topological polar surface area (TPSA) is 69.7 Å². The normalized spacial score (nSPS) is 18.7. The molecule has 1 aromatic carbocycles. The first-order valence-corrected chi connectivity index (χ1v) is 10.6. The molecule has 1 fully saturated rings. The van der Waals surface area contributed by atoms with E-state index in [4.69, 9.17) is 0 Å². The molecule has 2 N–H and O–H groups in total. The molecule has 0 amide bonds. The van der Waals surface area contributed by atoms with Crippen LogP contribution >= 0.6 is 11.3 Å². The van der Waals surface area contributed by atoms with E-state index in [-0.39, 0.29) is 16.9 Å².